The number of carbonyl (C=O) groups excluding carboxylic acids is 1. The van der Waals surface area contributed by atoms with Gasteiger partial charge in [-0.15, -0.1) is 0 Å². The number of Topliss-reactive ketones (excluding diaryl/α,β-unsaturated/α-hetero) is 1. The normalized spacial score (nSPS) is 11.9. The van der Waals surface area contributed by atoms with Gasteiger partial charge in [0.2, 0.25) is 15.6 Å². The lowest BCUT2D eigenvalue weighted by Gasteiger charge is -2.11. The van der Waals surface area contributed by atoms with Crippen LogP contribution in [-0.2, 0) is 9.84 Å². The van der Waals surface area contributed by atoms with Crippen LogP contribution in [0.2, 0.25) is 5.02 Å². The molecule has 0 atom stereocenters. The number of aromatic hydroxyl groups is 1. The fourth-order valence-corrected chi connectivity index (χ4v) is 4.33. The molecule has 0 unspecified atom stereocenters. The Bertz CT molecular complexity index is 1210. The first kappa shape index (κ1) is 21.6. The molecule has 1 N–H and O–H groups in total. The van der Waals surface area contributed by atoms with Gasteiger partial charge in [-0.1, -0.05) is 35.4 Å². The van der Waals surface area contributed by atoms with Crippen molar-refractivity contribution < 1.29 is 23.1 Å². The van der Waals surface area contributed by atoms with E-state index in [-0.39, 0.29) is 22.0 Å². The van der Waals surface area contributed by atoms with Crippen LogP contribution >= 0.6 is 11.6 Å². The minimum atomic E-state index is -4.14. The maximum Gasteiger partial charge on any atom is 0.210 e. The number of halogens is 1. The predicted octanol–water partition coefficient (Wildman–Crippen LogP) is 5.06. The van der Waals surface area contributed by atoms with Crippen molar-refractivity contribution in [3.63, 3.8) is 0 Å². The number of methoxy groups -OCH3 is 1. The van der Waals surface area contributed by atoms with Gasteiger partial charge in [0.1, 0.15) is 4.91 Å². The molecule has 0 aliphatic carbocycles. The lowest BCUT2D eigenvalue weighted by atomic mass is 10.1. The van der Waals surface area contributed by atoms with E-state index in [4.69, 9.17) is 16.3 Å². The SMILES string of the molecule is COc1ccc(/C=C(\C(=O)c2ccc(Cl)cc2)S(=O)(=O)c2ccc(C)cc2)cc1O. The molecule has 0 aromatic heterocycles. The number of phenolic OH excluding ortho intramolecular Hbond substituents is 1. The van der Waals surface area contributed by atoms with Crippen molar-refractivity contribution in [3.8, 4) is 11.5 Å². The van der Waals surface area contributed by atoms with Crippen LogP contribution in [0.1, 0.15) is 21.5 Å². The Labute approximate surface area is 180 Å². The molecule has 30 heavy (non-hydrogen) atoms. The first-order valence-corrected chi connectivity index (χ1v) is 10.8. The van der Waals surface area contributed by atoms with Gasteiger partial charge in [-0.05, 0) is 67.1 Å². The van der Waals surface area contributed by atoms with Crippen LogP contribution in [0.15, 0.2) is 76.5 Å². The Kier molecular flexibility index (Phi) is 6.29. The lowest BCUT2D eigenvalue weighted by molar-refractivity contribution is 0.104. The number of benzene rings is 3. The van der Waals surface area contributed by atoms with Gasteiger partial charge in [-0.2, -0.15) is 0 Å². The summed E-state index contributed by atoms with van der Waals surface area (Å²) in [5.74, 6) is -0.612. The van der Waals surface area contributed by atoms with Crippen LogP contribution < -0.4 is 4.74 Å². The van der Waals surface area contributed by atoms with Crippen LogP contribution in [-0.4, -0.2) is 26.4 Å². The van der Waals surface area contributed by atoms with Gasteiger partial charge in [0, 0.05) is 10.6 Å². The molecule has 0 aliphatic heterocycles. The van der Waals surface area contributed by atoms with Gasteiger partial charge >= 0.3 is 0 Å². The van der Waals surface area contributed by atoms with E-state index in [1.807, 2.05) is 6.92 Å². The number of aryl methyl sites for hydroxylation is 1. The Morgan fingerprint density at radius 1 is 1.00 bits per heavy atom. The Hall–Kier alpha value is -3.09. The average Bonchev–Trinajstić information content (AvgIpc) is 2.72. The van der Waals surface area contributed by atoms with Crippen LogP contribution in [0.3, 0.4) is 0 Å². The average molecular weight is 443 g/mol. The molecule has 0 aliphatic rings. The summed E-state index contributed by atoms with van der Waals surface area (Å²) < 4.78 is 31.7. The largest absolute Gasteiger partial charge is 0.504 e. The lowest BCUT2D eigenvalue weighted by Crippen LogP contribution is -2.14. The number of sulfone groups is 1. The van der Waals surface area contributed by atoms with Crippen LogP contribution in [0.25, 0.3) is 6.08 Å². The molecule has 154 valence electrons. The highest BCUT2D eigenvalue weighted by molar-refractivity contribution is 7.96. The van der Waals surface area contributed by atoms with Crippen molar-refractivity contribution in [1.29, 1.82) is 0 Å². The second kappa shape index (κ2) is 8.73. The van der Waals surface area contributed by atoms with E-state index in [1.165, 1.54) is 61.7 Å². The number of hydrogen-bond acceptors (Lipinski definition) is 5. The molecule has 0 amide bonds. The summed E-state index contributed by atoms with van der Waals surface area (Å²) in [7, 11) is -2.73. The third-order valence-corrected chi connectivity index (χ3v) is 6.48. The Morgan fingerprint density at radius 2 is 1.63 bits per heavy atom. The molecule has 0 spiro atoms. The molecular formula is C23H19ClO5S. The fraction of sp³-hybridized carbons (Fsp3) is 0.0870. The van der Waals surface area contributed by atoms with Crippen molar-refractivity contribution in [2.24, 2.45) is 0 Å². The summed E-state index contributed by atoms with van der Waals surface area (Å²) in [5, 5.41) is 10.5. The summed E-state index contributed by atoms with van der Waals surface area (Å²) >= 11 is 5.89. The van der Waals surface area contributed by atoms with Gasteiger partial charge in [-0.25, -0.2) is 8.42 Å². The molecular weight excluding hydrogens is 424 g/mol. The summed E-state index contributed by atoms with van der Waals surface area (Å²) in [4.78, 5) is 12.8. The van der Waals surface area contributed by atoms with Gasteiger partial charge in [0.05, 0.1) is 12.0 Å². The number of phenols is 1. The van der Waals surface area contributed by atoms with E-state index in [0.717, 1.165) is 5.56 Å². The van der Waals surface area contributed by atoms with Crippen LogP contribution in [0.4, 0.5) is 0 Å². The maximum absolute atomic E-state index is 13.3. The highest BCUT2D eigenvalue weighted by atomic mass is 35.5. The van der Waals surface area contributed by atoms with Crippen molar-refractivity contribution in [2.75, 3.05) is 7.11 Å². The summed E-state index contributed by atoms with van der Waals surface area (Å²) in [6, 6.07) is 16.6. The number of allylic oxidation sites excluding steroid dienone is 1. The molecule has 0 radical (unpaired) electrons. The van der Waals surface area contributed by atoms with Crippen molar-refractivity contribution in [2.45, 2.75) is 11.8 Å². The van der Waals surface area contributed by atoms with Crippen LogP contribution in [0.5, 0.6) is 11.5 Å². The summed E-state index contributed by atoms with van der Waals surface area (Å²) in [5.41, 5.74) is 1.41. The van der Waals surface area contributed by atoms with Crippen molar-refractivity contribution in [3.05, 3.63) is 93.3 Å². The molecule has 7 heteroatoms. The van der Waals surface area contributed by atoms with Gasteiger partial charge in [-0.3, -0.25) is 4.79 Å². The van der Waals surface area contributed by atoms with Crippen molar-refractivity contribution >= 4 is 33.3 Å². The van der Waals surface area contributed by atoms with E-state index in [1.54, 1.807) is 18.2 Å². The zero-order valence-corrected chi connectivity index (χ0v) is 17.9. The standard InChI is InChI=1S/C23H19ClO5S/c1-15-3-10-19(11-4-15)30(27,28)22(23(26)17-6-8-18(24)9-7-17)14-16-5-12-21(29-2)20(25)13-16/h3-14,25H,1-2H3/b22-14+. The predicted molar refractivity (Wildman–Crippen MR) is 117 cm³/mol. The second-order valence-electron chi connectivity index (χ2n) is 6.59. The Balaban J connectivity index is 2.17. The monoisotopic (exact) mass is 442 g/mol. The fourth-order valence-electron chi connectivity index (χ4n) is 2.80. The highest BCUT2D eigenvalue weighted by Crippen LogP contribution is 2.30. The number of carbonyl (C=O) groups is 1. The van der Waals surface area contributed by atoms with E-state index in [9.17, 15) is 18.3 Å². The summed E-state index contributed by atoms with van der Waals surface area (Å²) in [6.45, 7) is 1.84. The Morgan fingerprint density at radius 3 is 2.20 bits per heavy atom. The summed E-state index contributed by atoms with van der Waals surface area (Å²) in [6.07, 6.45) is 1.24. The first-order chi connectivity index (χ1) is 14.2. The maximum atomic E-state index is 13.3. The van der Waals surface area contributed by atoms with Crippen LogP contribution in [0, 0.1) is 6.92 Å². The smallest absolute Gasteiger partial charge is 0.210 e. The topological polar surface area (TPSA) is 80.7 Å². The van der Waals surface area contributed by atoms with Gasteiger partial charge < -0.3 is 9.84 Å². The number of ether oxygens (including phenoxy) is 1. The van der Waals surface area contributed by atoms with Gasteiger partial charge in [0.25, 0.3) is 0 Å². The third-order valence-electron chi connectivity index (χ3n) is 4.45. The number of rotatable bonds is 6. The molecule has 3 rings (SSSR count). The minimum absolute atomic E-state index is 0.000558. The van der Waals surface area contributed by atoms with E-state index < -0.39 is 20.5 Å². The third kappa shape index (κ3) is 4.56. The molecule has 0 saturated carbocycles. The van der Waals surface area contributed by atoms with Gasteiger partial charge in [0.15, 0.2) is 11.5 Å². The number of ketones is 1. The zero-order valence-electron chi connectivity index (χ0n) is 16.3. The van der Waals surface area contributed by atoms with Crippen molar-refractivity contribution in [1.82, 2.24) is 0 Å². The molecule has 0 bridgehead atoms. The molecule has 3 aromatic rings. The zero-order chi connectivity index (χ0) is 21.9. The molecule has 0 saturated heterocycles. The van der Waals surface area contributed by atoms with E-state index in [2.05, 4.69) is 0 Å². The first-order valence-electron chi connectivity index (χ1n) is 8.93. The van der Waals surface area contributed by atoms with E-state index in [0.29, 0.717) is 10.6 Å². The molecule has 5 nitrogen and oxygen atoms in total. The molecule has 0 fully saturated rings. The quantitative estimate of drug-likeness (QED) is 0.426. The highest BCUT2D eigenvalue weighted by Gasteiger charge is 2.28. The second-order valence-corrected chi connectivity index (χ2v) is 8.95. The minimum Gasteiger partial charge on any atom is -0.504 e. The number of hydrogen-bond donors (Lipinski definition) is 1. The molecule has 0 heterocycles. The molecule has 3 aromatic carbocycles. The van der Waals surface area contributed by atoms with E-state index >= 15 is 0 Å².